The topological polar surface area (TPSA) is 25.7 Å². The van der Waals surface area contributed by atoms with Gasteiger partial charge >= 0.3 is 0 Å². The monoisotopic (exact) mass is 170 g/mol. The molecule has 1 aromatic heterocycles. The van der Waals surface area contributed by atoms with Crippen molar-refractivity contribution in [1.29, 1.82) is 0 Å². The van der Waals surface area contributed by atoms with E-state index in [1.54, 1.807) is 18.0 Å². The van der Waals surface area contributed by atoms with Gasteiger partial charge in [-0.05, 0) is 13.0 Å². The fraction of sp³-hybridized carbons (Fsp3) is 0.500. The molecule has 1 aromatic rings. The van der Waals surface area contributed by atoms with Crippen LogP contribution in [-0.4, -0.2) is 18.5 Å². The Labute approximate surface area is 69.9 Å². The van der Waals surface area contributed by atoms with Crippen molar-refractivity contribution in [2.45, 2.75) is 17.9 Å². The number of ether oxygens (including phenoxy) is 1. The molecule has 2 nitrogen and oxygen atoms in total. The minimum absolute atomic E-state index is 0.495. The molecule has 0 saturated carbocycles. The molecule has 60 valence electrons. The average Bonchev–Trinajstić information content (AvgIpc) is 2.73. The van der Waals surface area contributed by atoms with E-state index in [0.29, 0.717) is 6.10 Å². The molecule has 1 saturated heterocycles. The van der Waals surface area contributed by atoms with Gasteiger partial charge in [0, 0.05) is 10.6 Å². The van der Waals surface area contributed by atoms with Crippen LogP contribution in [0.15, 0.2) is 21.6 Å². The predicted octanol–water partition coefficient (Wildman–Crippen LogP) is 2.08. The molecule has 0 radical (unpaired) electrons. The Hall–Kier alpha value is -0.410. The second-order valence-corrected chi connectivity index (χ2v) is 3.67. The van der Waals surface area contributed by atoms with E-state index >= 15 is 0 Å². The lowest BCUT2D eigenvalue weighted by atomic mass is 10.5. The molecule has 2 heterocycles. The fourth-order valence-electron chi connectivity index (χ4n) is 0.870. The summed E-state index contributed by atoms with van der Waals surface area (Å²) in [7, 11) is 0. The van der Waals surface area contributed by atoms with Crippen molar-refractivity contribution >= 4 is 11.8 Å². The van der Waals surface area contributed by atoms with Gasteiger partial charge in [-0.25, -0.2) is 0 Å². The maximum Gasteiger partial charge on any atom is 0.114 e. The highest BCUT2D eigenvalue weighted by atomic mass is 32.2. The highest BCUT2D eigenvalue weighted by Gasteiger charge is 2.22. The van der Waals surface area contributed by atoms with E-state index in [-0.39, 0.29) is 0 Å². The molecule has 3 heteroatoms. The molecule has 1 aliphatic rings. The molecule has 1 unspecified atom stereocenters. The molecule has 0 spiro atoms. The third-order valence-corrected chi connectivity index (χ3v) is 2.91. The van der Waals surface area contributed by atoms with Crippen molar-refractivity contribution in [2.24, 2.45) is 0 Å². The lowest BCUT2D eigenvalue weighted by molar-refractivity contribution is 0.426. The Morgan fingerprint density at radius 2 is 2.55 bits per heavy atom. The van der Waals surface area contributed by atoms with Crippen LogP contribution < -0.4 is 0 Å². The van der Waals surface area contributed by atoms with Gasteiger partial charge in [0.25, 0.3) is 0 Å². The first-order valence-corrected chi connectivity index (χ1v) is 4.63. The summed E-state index contributed by atoms with van der Waals surface area (Å²) < 4.78 is 10.3. The minimum Gasteiger partial charge on any atom is -0.468 e. The standard InChI is InChI=1S/C8H10O2S/c1-6-8(2-3-9-6)11-5-7-4-10-7/h2-3,7H,4-5H2,1H3. The van der Waals surface area contributed by atoms with Crippen molar-refractivity contribution in [1.82, 2.24) is 0 Å². The van der Waals surface area contributed by atoms with E-state index in [2.05, 4.69) is 0 Å². The maximum atomic E-state index is 5.16. The Morgan fingerprint density at radius 1 is 1.73 bits per heavy atom. The minimum atomic E-state index is 0.495. The Morgan fingerprint density at radius 3 is 3.09 bits per heavy atom. The third kappa shape index (κ3) is 1.79. The van der Waals surface area contributed by atoms with Gasteiger partial charge in [0.05, 0.1) is 19.0 Å². The Bertz CT molecular complexity index is 240. The van der Waals surface area contributed by atoms with Crippen LogP contribution >= 0.6 is 11.8 Å². The average molecular weight is 170 g/mol. The second kappa shape index (κ2) is 2.91. The number of furan rings is 1. The van der Waals surface area contributed by atoms with Crippen LogP contribution in [0.1, 0.15) is 5.76 Å². The lowest BCUT2D eigenvalue weighted by Gasteiger charge is -1.94. The maximum absolute atomic E-state index is 5.16. The van der Waals surface area contributed by atoms with Gasteiger partial charge in [0.1, 0.15) is 5.76 Å². The molecule has 1 aliphatic heterocycles. The lowest BCUT2D eigenvalue weighted by Crippen LogP contribution is -1.87. The number of aryl methyl sites for hydroxylation is 1. The smallest absolute Gasteiger partial charge is 0.114 e. The molecule has 1 atom stereocenters. The zero-order valence-electron chi connectivity index (χ0n) is 6.37. The van der Waals surface area contributed by atoms with Crippen molar-refractivity contribution in [2.75, 3.05) is 12.4 Å². The van der Waals surface area contributed by atoms with Crippen LogP contribution in [0.4, 0.5) is 0 Å². The predicted molar refractivity (Wildman–Crippen MR) is 43.9 cm³/mol. The highest BCUT2D eigenvalue weighted by Crippen LogP contribution is 2.26. The Balaban J connectivity index is 1.89. The van der Waals surface area contributed by atoms with Gasteiger partial charge in [-0.2, -0.15) is 0 Å². The molecular formula is C8H10O2S. The van der Waals surface area contributed by atoms with E-state index in [9.17, 15) is 0 Å². The number of thioether (sulfide) groups is 1. The Kier molecular flexibility index (Phi) is 1.92. The summed E-state index contributed by atoms with van der Waals surface area (Å²) in [6.45, 7) is 2.92. The SMILES string of the molecule is Cc1occc1SCC1CO1. The second-order valence-electron chi connectivity index (χ2n) is 2.61. The van der Waals surface area contributed by atoms with E-state index in [1.807, 2.05) is 13.0 Å². The molecule has 2 rings (SSSR count). The molecule has 11 heavy (non-hydrogen) atoms. The highest BCUT2D eigenvalue weighted by molar-refractivity contribution is 7.99. The van der Waals surface area contributed by atoms with E-state index in [1.165, 1.54) is 4.90 Å². The summed E-state index contributed by atoms with van der Waals surface area (Å²) in [6, 6.07) is 2.00. The van der Waals surface area contributed by atoms with E-state index < -0.39 is 0 Å². The first-order chi connectivity index (χ1) is 5.36. The zero-order valence-corrected chi connectivity index (χ0v) is 7.19. The first kappa shape index (κ1) is 7.25. The molecule has 0 aliphatic carbocycles. The number of epoxide rings is 1. The van der Waals surface area contributed by atoms with Crippen molar-refractivity contribution in [3.8, 4) is 0 Å². The molecule has 0 amide bonds. The zero-order chi connectivity index (χ0) is 7.68. The molecule has 0 N–H and O–H groups in total. The van der Waals surface area contributed by atoms with Crippen LogP contribution in [0.25, 0.3) is 0 Å². The third-order valence-electron chi connectivity index (χ3n) is 1.64. The first-order valence-electron chi connectivity index (χ1n) is 3.65. The van der Waals surface area contributed by atoms with Crippen molar-refractivity contribution in [3.63, 3.8) is 0 Å². The summed E-state index contributed by atoms with van der Waals surface area (Å²) >= 11 is 1.81. The number of hydrogen-bond donors (Lipinski definition) is 0. The van der Waals surface area contributed by atoms with Gasteiger partial charge in [0.2, 0.25) is 0 Å². The van der Waals surface area contributed by atoms with Gasteiger partial charge in [-0.1, -0.05) is 0 Å². The molecule has 0 bridgehead atoms. The van der Waals surface area contributed by atoms with Gasteiger partial charge in [-0.3, -0.25) is 0 Å². The van der Waals surface area contributed by atoms with Crippen LogP contribution in [0.3, 0.4) is 0 Å². The quantitative estimate of drug-likeness (QED) is 0.513. The summed E-state index contributed by atoms with van der Waals surface area (Å²) in [5.41, 5.74) is 0. The number of hydrogen-bond acceptors (Lipinski definition) is 3. The fourth-order valence-corrected chi connectivity index (χ4v) is 1.83. The van der Waals surface area contributed by atoms with Gasteiger partial charge in [0.15, 0.2) is 0 Å². The van der Waals surface area contributed by atoms with E-state index in [4.69, 9.17) is 9.15 Å². The molecule has 0 aromatic carbocycles. The number of rotatable bonds is 3. The largest absolute Gasteiger partial charge is 0.468 e. The molecular weight excluding hydrogens is 160 g/mol. The van der Waals surface area contributed by atoms with Crippen molar-refractivity contribution < 1.29 is 9.15 Å². The normalized spacial score (nSPS) is 22.1. The van der Waals surface area contributed by atoms with Crippen LogP contribution in [0, 0.1) is 6.92 Å². The van der Waals surface area contributed by atoms with Crippen LogP contribution in [-0.2, 0) is 4.74 Å². The summed E-state index contributed by atoms with van der Waals surface area (Å²) in [6.07, 6.45) is 2.22. The van der Waals surface area contributed by atoms with E-state index in [0.717, 1.165) is 18.1 Å². The van der Waals surface area contributed by atoms with Gasteiger partial charge in [-0.15, -0.1) is 11.8 Å². The van der Waals surface area contributed by atoms with Gasteiger partial charge < -0.3 is 9.15 Å². The summed E-state index contributed by atoms with van der Waals surface area (Å²) in [4.78, 5) is 1.24. The van der Waals surface area contributed by atoms with Crippen molar-refractivity contribution in [3.05, 3.63) is 18.1 Å². The van der Waals surface area contributed by atoms with Crippen LogP contribution in [0.2, 0.25) is 0 Å². The summed E-state index contributed by atoms with van der Waals surface area (Å²) in [5, 5.41) is 0. The summed E-state index contributed by atoms with van der Waals surface area (Å²) in [5.74, 6) is 2.07. The van der Waals surface area contributed by atoms with Crippen LogP contribution in [0.5, 0.6) is 0 Å². The molecule has 1 fully saturated rings.